The van der Waals surface area contributed by atoms with Gasteiger partial charge in [0.15, 0.2) is 0 Å². The van der Waals surface area contributed by atoms with Crippen LogP contribution in [0.25, 0.3) is 0 Å². The molecule has 21 heavy (non-hydrogen) atoms. The smallest absolute Gasteiger partial charge is 0.240 e. The molecule has 2 aromatic carbocycles. The Labute approximate surface area is 125 Å². The van der Waals surface area contributed by atoms with E-state index in [0.29, 0.717) is 5.56 Å². The summed E-state index contributed by atoms with van der Waals surface area (Å²) in [5.74, 6) is 0. The van der Waals surface area contributed by atoms with Crippen molar-refractivity contribution in [1.29, 1.82) is 0 Å². The molecule has 0 radical (unpaired) electrons. The second-order valence-corrected chi connectivity index (χ2v) is 6.54. The van der Waals surface area contributed by atoms with Crippen LogP contribution in [0.15, 0.2) is 59.5 Å². The Morgan fingerprint density at radius 2 is 1.67 bits per heavy atom. The molecule has 5 heteroatoms. The van der Waals surface area contributed by atoms with Gasteiger partial charge in [0.05, 0.1) is 11.0 Å². The van der Waals surface area contributed by atoms with Crippen LogP contribution in [-0.2, 0) is 16.4 Å². The van der Waals surface area contributed by atoms with Crippen molar-refractivity contribution in [3.05, 3.63) is 65.7 Å². The van der Waals surface area contributed by atoms with Gasteiger partial charge in [-0.2, -0.15) is 0 Å². The van der Waals surface area contributed by atoms with E-state index < -0.39 is 16.1 Å². The predicted molar refractivity (Wildman–Crippen MR) is 82.4 cm³/mol. The van der Waals surface area contributed by atoms with Gasteiger partial charge in [-0.25, -0.2) is 13.1 Å². The Hall–Kier alpha value is -1.69. The number of rotatable bonds is 6. The highest BCUT2D eigenvalue weighted by Crippen LogP contribution is 2.14. The third kappa shape index (κ3) is 4.14. The van der Waals surface area contributed by atoms with Gasteiger partial charge in [0.2, 0.25) is 10.0 Å². The van der Waals surface area contributed by atoms with E-state index in [1.165, 1.54) is 0 Å². The fourth-order valence-corrected chi connectivity index (χ4v) is 3.01. The SMILES string of the molecule is CCc1ccc(S(=O)(=O)NCC(O)c2ccccc2)cc1. The predicted octanol–water partition coefficient (Wildman–Crippen LogP) is 2.26. The molecule has 4 nitrogen and oxygen atoms in total. The normalized spacial score (nSPS) is 13.0. The minimum Gasteiger partial charge on any atom is -0.387 e. The van der Waals surface area contributed by atoms with Crippen molar-refractivity contribution in [2.45, 2.75) is 24.3 Å². The summed E-state index contributed by atoms with van der Waals surface area (Å²) < 4.78 is 26.7. The summed E-state index contributed by atoms with van der Waals surface area (Å²) in [5, 5.41) is 9.99. The highest BCUT2D eigenvalue weighted by atomic mass is 32.2. The number of aliphatic hydroxyl groups excluding tert-OH is 1. The maximum absolute atomic E-state index is 12.1. The van der Waals surface area contributed by atoms with Crippen LogP contribution in [0.1, 0.15) is 24.2 Å². The molecule has 0 amide bonds. The molecule has 1 unspecified atom stereocenters. The molecule has 112 valence electrons. The molecule has 0 spiro atoms. The van der Waals surface area contributed by atoms with Crippen LogP contribution in [0.4, 0.5) is 0 Å². The van der Waals surface area contributed by atoms with Gasteiger partial charge in [-0.05, 0) is 29.7 Å². The maximum atomic E-state index is 12.1. The monoisotopic (exact) mass is 305 g/mol. The van der Waals surface area contributed by atoms with Crippen molar-refractivity contribution in [1.82, 2.24) is 4.72 Å². The first-order valence-corrected chi connectivity index (χ1v) is 8.33. The Balaban J connectivity index is 2.04. The lowest BCUT2D eigenvalue weighted by molar-refractivity contribution is 0.182. The summed E-state index contributed by atoms with van der Waals surface area (Å²) in [6, 6.07) is 15.7. The summed E-state index contributed by atoms with van der Waals surface area (Å²) in [6.45, 7) is 1.96. The van der Waals surface area contributed by atoms with Crippen LogP contribution in [-0.4, -0.2) is 20.1 Å². The van der Waals surface area contributed by atoms with Gasteiger partial charge in [-0.15, -0.1) is 0 Å². The summed E-state index contributed by atoms with van der Waals surface area (Å²) in [6.07, 6.45) is -0.00333. The van der Waals surface area contributed by atoms with Crippen molar-refractivity contribution in [3.63, 3.8) is 0 Å². The fourth-order valence-electron chi connectivity index (χ4n) is 1.97. The number of hydrogen-bond donors (Lipinski definition) is 2. The number of sulfonamides is 1. The lowest BCUT2D eigenvalue weighted by Gasteiger charge is -2.12. The number of aliphatic hydroxyl groups is 1. The third-order valence-electron chi connectivity index (χ3n) is 3.29. The standard InChI is InChI=1S/C16H19NO3S/c1-2-13-8-10-15(11-9-13)21(19,20)17-12-16(18)14-6-4-3-5-7-14/h3-11,16-18H,2,12H2,1H3. The molecule has 0 aliphatic heterocycles. The number of nitrogens with one attached hydrogen (secondary N) is 1. The Bertz CT molecular complexity index is 666. The summed E-state index contributed by atoms with van der Waals surface area (Å²) >= 11 is 0. The summed E-state index contributed by atoms with van der Waals surface area (Å²) in [4.78, 5) is 0.208. The zero-order valence-corrected chi connectivity index (χ0v) is 12.7. The van der Waals surface area contributed by atoms with Gasteiger partial charge < -0.3 is 5.11 Å². The largest absolute Gasteiger partial charge is 0.387 e. The first kappa shape index (κ1) is 15.7. The van der Waals surface area contributed by atoms with Gasteiger partial charge in [-0.3, -0.25) is 0 Å². The molecule has 1 atom stereocenters. The average Bonchev–Trinajstić information content (AvgIpc) is 2.53. The van der Waals surface area contributed by atoms with Crippen LogP contribution in [0.2, 0.25) is 0 Å². The van der Waals surface area contributed by atoms with Crippen molar-refractivity contribution in [3.8, 4) is 0 Å². The van der Waals surface area contributed by atoms with Crippen LogP contribution in [0.5, 0.6) is 0 Å². The first-order valence-electron chi connectivity index (χ1n) is 6.84. The van der Waals surface area contributed by atoms with Gasteiger partial charge in [0.25, 0.3) is 0 Å². The van der Waals surface area contributed by atoms with Crippen LogP contribution >= 0.6 is 0 Å². The lowest BCUT2D eigenvalue weighted by atomic mass is 10.1. The topological polar surface area (TPSA) is 66.4 Å². The van der Waals surface area contributed by atoms with E-state index >= 15 is 0 Å². The Kier molecular flexibility index (Phi) is 5.12. The first-order chi connectivity index (χ1) is 10.0. The zero-order chi connectivity index (χ0) is 15.3. The molecule has 0 saturated heterocycles. The average molecular weight is 305 g/mol. The quantitative estimate of drug-likeness (QED) is 0.860. The van der Waals surface area contributed by atoms with Crippen LogP contribution < -0.4 is 4.72 Å². The minimum atomic E-state index is -3.60. The molecule has 2 rings (SSSR count). The van der Waals surface area contributed by atoms with Crippen molar-refractivity contribution >= 4 is 10.0 Å². The Morgan fingerprint density at radius 3 is 2.24 bits per heavy atom. The van der Waals surface area contributed by atoms with Gasteiger partial charge in [-0.1, -0.05) is 49.4 Å². The highest BCUT2D eigenvalue weighted by molar-refractivity contribution is 7.89. The summed E-state index contributed by atoms with van der Waals surface area (Å²) in [5.41, 5.74) is 1.76. The van der Waals surface area contributed by atoms with Gasteiger partial charge in [0.1, 0.15) is 0 Å². The molecule has 0 saturated carbocycles. The van der Waals surface area contributed by atoms with Crippen molar-refractivity contribution in [2.24, 2.45) is 0 Å². The molecule has 0 bridgehead atoms. The van der Waals surface area contributed by atoms with E-state index in [4.69, 9.17) is 0 Å². The molecular formula is C16H19NO3S. The minimum absolute atomic E-state index is 0.0537. The molecule has 0 aliphatic carbocycles. The maximum Gasteiger partial charge on any atom is 0.240 e. The lowest BCUT2D eigenvalue weighted by Crippen LogP contribution is -2.28. The summed E-state index contributed by atoms with van der Waals surface area (Å²) in [7, 11) is -3.60. The molecule has 0 heterocycles. The molecule has 0 aliphatic rings. The molecule has 2 N–H and O–H groups in total. The van der Waals surface area contributed by atoms with E-state index in [1.54, 1.807) is 48.5 Å². The second-order valence-electron chi connectivity index (χ2n) is 4.78. The van der Waals surface area contributed by atoms with Crippen LogP contribution in [0, 0.1) is 0 Å². The fraction of sp³-hybridized carbons (Fsp3) is 0.250. The molecular weight excluding hydrogens is 286 g/mol. The van der Waals surface area contributed by atoms with Crippen molar-refractivity contribution < 1.29 is 13.5 Å². The van der Waals surface area contributed by atoms with Crippen LogP contribution in [0.3, 0.4) is 0 Å². The molecule has 0 fully saturated rings. The van der Waals surface area contributed by atoms with Gasteiger partial charge in [0, 0.05) is 6.54 Å². The van der Waals surface area contributed by atoms with Crippen molar-refractivity contribution in [2.75, 3.05) is 6.54 Å². The Morgan fingerprint density at radius 1 is 1.05 bits per heavy atom. The second kappa shape index (κ2) is 6.85. The molecule has 0 aromatic heterocycles. The third-order valence-corrected chi connectivity index (χ3v) is 4.73. The van der Waals surface area contributed by atoms with E-state index in [2.05, 4.69) is 4.72 Å². The molecule has 2 aromatic rings. The number of hydrogen-bond acceptors (Lipinski definition) is 3. The number of benzene rings is 2. The van der Waals surface area contributed by atoms with E-state index in [-0.39, 0.29) is 11.4 Å². The number of aryl methyl sites for hydroxylation is 1. The van der Waals surface area contributed by atoms with E-state index in [1.807, 2.05) is 13.0 Å². The zero-order valence-electron chi connectivity index (χ0n) is 11.9. The van der Waals surface area contributed by atoms with E-state index in [0.717, 1.165) is 12.0 Å². The van der Waals surface area contributed by atoms with Gasteiger partial charge >= 0.3 is 0 Å². The highest BCUT2D eigenvalue weighted by Gasteiger charge is 2.16. The van der Waals surface area contributed by atoms with E-state index in [9.17, 15) is 13.5 Å².